The van der Waals surface area contributed by atoms with Crippen molar-refractivity contribution in [2.24, 2.45) is 0 Å². The molecule has 0 N–H and O–H groups in total. The Morgan fingerprint density at radius 1 is 1.04 bits per heavy atom. The SMILES string of the molecule is CC(=O)c1ccc(OCCC(=O)OCc2ccc(C#N)cc2)cc1. The summed E-state index contributed by atoms with van der Waals surface area (Å²) in [7, 11) is 0. The third kappa shape index (κ3) is 5.25. The first kappa shape index (κ1) is 17.2. The zero-order valence-corrected chi connectivity index (χ0v) is 13.3. The average Bonchev–Trinajstić information content (AvgIpc) is 2.61. The van der Waals surface area contributed by atoms with Crippen LogP contribution in [0.5, 0.6) is 5.75 Å². The molecule has 5 heteroatoms. The Bertz CT molecular complexity index is 742. The van der Waals surface area contributed by atoms with Gasteiger partial charge in [0.05, 0.1) is 24.7 Å². The molecule has 0 heterocycles. The third-order valence-electron chi connectivity index (χ3n) is 3.32. The molecule has 0 spiro atoms. The lowest BCUT2D eigenvalue weighted by Crippen LogP contribution is -2.10. The number of hydrogen-bond acceptors (Lipinski definition) is 5. The summed E-state index contributed by atoms with van der Waals surface area (Å²) >= 11 is 0. The molecule has 0 aliphatic heterocycles. The highest BCUT2D eigenvalue weighted by Gasteiger charge is 2.05. The van der Waals surface area contributed by atoms with Gasteiger partial charge in [-0.05, 0) is 48.9 Å². The number of carbonyl (C=O) groups excluding carboxylic acids is 2. The summed E-state index contributed by atoms with van der Waals surface area (Å²) < 4.78 is 10.6. The van der Waals surface area contributed by atoms with Gasteiger partial charge in [-0.15, -0.1) is 0 Å². The summed E-state index contributed by atoms with van der Waals surface area (Å²) in [6, 6.07) is 15.6. The first-order valence-electron chi connectivity index (χ1n) is 7.47. The summed E-state index contributed by atoms with van der Waals surface area (Å²) in [5.74, 6) is 0.229. The smallest absolute Gasteiger partial charge is 0.309 e. The topological polar surface area (TPSA) is 76.4 Å². The van der Waals surface area contributed by atoms with Crippen LogP contribution in [0.25, 0.3) is 0 Å². The van der Waals surface area contributed by atoms with Crippen molar-refractivity contribution in [3.8, 4) is 11.8 Å². The maximum Gasteiger partial charge on any atom is 0.309 e. The molecule has 0 saturated carbocycles. The molecule has 0 aliphatic rings. The Morgan fingerprint density at radius 2 is 1.71 bits per heavy atom. The summed E-state index contributed by atoms with van der Waals surface area (Å²) in [6.45, 7) is 1.86. The second-order valence-electron chi connectivity index (χ2n) is 5.15. The molecule has 0 aliphatic carbocycles. The second-order valence-corrected chi connectivity index (χ2v) is 5.15. The van der Waals surface area contributed by atoms with Gasteiger partial charge in [-0.25, -0.2) is 0 Å². The van der Waals surface area contributed by atoms with E-state index >= 15 is 0 Å². The fraction of sp³-hybridized carbons (Fsp3) is 0.211. The highest BCUT2D eigenvalue weighted by Crippen LogP contribution is 2.13. The van der Waals surface area contributed by atoms with Crippen molar-refractivity contribution in [2.75, 3.05) is 6.61 Å². The van der Waals surface area contributed by atoms with Crippen LogP contribution in [0.1, 0.15) is 34.8 Å². The lowest BCUT2D eigenvalue weighted by atomic mass is 10.1. The van der Waals surface area contributed by atoms with E-state index in [4.69, 9.17) is 14.7 Å². The molecule has 0 radical (unpaired) electrons. The molecule has 2 aromatic rings. The molecule has 5 nitrogen and oxygen atoms in total. The largest absolute Gasteiger partial charge is 0.493 e. The summed E-state index contributed by atoms with van der Waals surface area (Å²) in [4.78, 5) is 22.8. The van der Waals surface area contributed by atoms with Gasteiger partial charge in [0.15, 0.2) is 5.78 Å². The predicted molar refractivity (Wildman–Crippen MR) is 87.5 cm³/mol. The molecule has 0 bridgehead atoms. The van der Waals surface area contributed by atoms with Gasteiger partial charge in [-0.1, -0.05) is 12.1 Å². The maximum atomic E-state index is 11.7. The predicted octanol–water partition coefficient (Wildman–Crippen LogP) is 3.27. The van der Waals surface area contributed by atoms with E-state index in [-0.39, 0.29) is 31.4 Å². The Labute approximate surface area is 140 Å². The van der Waals surface area contributed by atoms with Crippen LogP contribution in [0.4, 0.5) is 0 Å². The molecule has 24 heavy (non-hydrogen) atoms. The van der Waals surface area contributed by atoms with Gasteiger partial charge < -0.3 is 9.47 Å². The molecule has 0 saturated heterocycles. The van der Waals surface area contributed by atoms with Crippen molar-refractivity contribution in [3.05, 3.63) is 65.2 Å². The highest BCUT2D eigenvalue weighted by molar-refractivity contribution is 5.94. The second kappa shape index (κ2) is 8.49. The van der Waals surface area contributed by atoms with E-state index in [2.05, 4.69) is 0 Å². The van der Waals surface area contributed by atoms with Crippen molar-refractivity contribution >= 4 is 11.8 Å². The first-order chi connectivity index (χ1) is 11.6. The van der Waals surface area contributed by atoms with Crippen LogP contribution in [-0.4, -0.2) is 18.4 Å². The van der Waals surface area contributed by atoms with Gasteiger partial charge in [0, 0.05) is 5.56 Å². The zero-order chi connectivity index (χ0) is 17.4. The number of ether oxygens (including phenoxy) is 2. The first-order valence-corrected chi connectivity index (χ1v) is 7.47. The zero-order valence-electron chi connectivity index (χ0n) is 13.3. The van der Waals surface area contributed by atoms with E-state index in [1.807, 2.05) is 6.07 Å². The molecule has 122 valence electrons. The number of nitrogens with zero attached hydrogens (tertiary/aromatic N) is 1. The molecular weight excluding hydrogens is 306 g/mol. The van der Waals surface area contributed by atoms with E-state index in [0.29, 0.717) is 16.9 Å². The number of ketones is 1. The number of esters is 1. The number of carbonyl (C=O) groups is 2. The van der Waals surface area contributed by atoms with Gasteiger partial charge >= 0.3 is 5.97 Å². The van der Waals surface area contributed by atoms with E-state index in [1.165, 1.54) is 6.92 Å². The number of rotatable bonds is 7. The van der Waals surface area contributed by atoms with Crippen LogP contribution >= 0.6 is 0 Å². The molecule has 0 amide bonds. The number of hydrogen-bond donors (Lipinski definition) is 0. The highest BCUT2D eigenvalue weighted by atomic mass is 16.5. The Balaban J connectivity index is 1.71. The molecule has 0 aromatic heterocycles. The lowest BCUT2D eigenvalue weighted by Gasteiger charge is -2.07. The van der Waals surface area contributed by atoms with Crippen LogP contribution in [0.2, 0.25) is 0 Å². The fourth-order valence-electron chi connectivity index (χ4n) is 1.95. The minimum absolute atomic E-state index is 0.00655. The van der Waals surface area contributed by atoms with Crippen molar-refractivity contribution in [2.45, 2.75) is 20.0 Å². The molecule has 2 rings (SSSR count). The van der Waals surface area contributed by atoms with Gasteiger partial charge in [0.1, 0.15) is 12.4 Å². The third-order valence-corrected chi connectivity index (χ3v) is 3.32. The lowest BCUT2D eigenvalue weighted by molar-refractivity contribution is -0.145. The monoisotopic (exact) mass is 323 g/mol. The number of nitriles is 1. The van der Waals surface area contributed by atoms with Crippen LogP contribution in [0, 0.1) is 11.3 Å². The van der Waals surface area contributed by atoms with Crippen molar-refractivity contribution in [1.29, 1.82) is 5.26 Å². The Morgan fingerprint density at radius 3 is 2.29 bits per heavy atom. The standard InChI is InChI=1S/C19H17NO4/c1-14(21)17-6-8-18(9-7-17)23-11-10-19(22)24-13-16-4-2-15(12-20)3-5-16/h2-9H,10-11,13H2,1H3. The average molecular weight is 323 g/mol. The van der Waals surface area contributed by atoms with Crippen LogP contribution < -0.4 is 4.74 Å². The van der Waals surface area contributed by atoms with Gasteiger partial charge in [-0.2, -0.15) is 5.26 Å². The van der Waals surface area contributed by atoms with E-state index in [0.717, 1.165) is 5.56 Å². The molecule has 0 fully saturated rings. The van der Waals surface area contributed by atoms with Gasteiger partial charge in [-0.3, -0.25) is 9.59 Å². The van der Waals surface area contributed by atoms with Gasteiger partial charge in [0.25, 0.3) is 0 Å². The normalized spacial score (nSPS) is 9.83. The van der Waals surface area contributed by atoms with E-state index < -0.39 is 0 Å². The Hall–Kier alpha value is -3.13. The van der Waals surface area contributed by atoms with E-state index in [9.17, 15) is 9.59 Å². The van der Waals surface area contributed by atoms with Gasteiger partial charge in [0.2, 0.25) is 0 Å². The van der Waals surface area contributed by atoms with Crippen molar-refractivity contribution < 1.29 is 19.1 Å². The minimum Gasteiger partial charge on any atom is -0.493 e. The molecule has 0 atom stereocenters. The number of benzene rings is 2. The van der Waals surface area contributed by atoms with Crippen molar-refractivity contribution in [1.82, 2.24) is 0 Å². The summed E-state index contributed by atoms with van der Waals surface area (Å²) in [5, 5.41) is 8.71. The van der Waals surface area contributed by atoms with Crippen molar-refractivity contribution in [3.63, 3.8) is 0 Å². The quantitative estimate of drug-likeness (QED) is 0.577. The summed E-state index contributed by atoms with van der Waals surface area (Å²) in [5.41, 5.74) is 2.00. The van der Waals surface area contributed by atoms with Crippen LogP contribution in [0.15, 0.2) is 48.5 Å². The minimum atomic E-state index is -0.361. The van der Waals surface area contributed by atoms with Crippen LogP contribution in [-0.2, 0) is 16.1 Å². The molecule has 0 unspecified atom stereocenters. The molecular formula is C19H17NO4. The maximum absolute atomic E-state index is 11.7. The summed E-state index contributed by atoms with van der Waals surface area (Å²) in [6.07, 6.45) is 0.130. The van der Waals surface area contributed by atoms with Crippen LogP contribution in [0.3, 0.4) is 0 Å². The number of Topliss-reactive ketones (excluding diaryl/α,β-unsaturated/α-hetero) is 1. The Kier molecular flexibility index (Phi) is 6.09. The van der Waals surface area contributed by atoms with E-state index in [1.54, 1.807) is 48.5 Å². The molecule has 2 aromatic carbocycles. The fourth-order valence-corrected chi connectivity index (χ4v) is 1.95.